The fourth-order valence-electron chi connectivity index (χ4n) is 3.92. The van der Waals surface area contributed by atoms with Crippen molar-refractivity contribution in [2.24, 2.45) is 0 Å². The van der Waals surface area contributed by atoms with E-state index in [0.717, 1.165) is 54.9 Å². The molecule has 0 fully saturated rings. The number of para-hydroxylation sites is 1. The van der Waals surface area contributed by atoms with Gasteiger partial charge in [0, 0.05) is 24.1 Å². The van der Waals surface area contributed by atoms with Crippen LogP contribution in [-0.4, -0.2) is 39.9 Å². The standard InChI is InChI=1S/C26H37N5O3/c1-5-7-8-12-19(13-11-16-28-26(32)18(3)4)34-31-22(17-33-6-2)30-23-24(31)20-14-9-10-15-21(20)29-25(23)27/h9-10,14-15,19H,3,5-8,11-13,16-17H2,1-2,4H3,(H2,27,29)(H,28,32). The molecule has 2 heterocycles. The van der Waals surface area contributed by atoms with Gasteiger partial charge in [0.05, 0.1) is 5.52 Å². The molecule has 3 aromatic rings. The van der Waals surface area contributed by atoms with Crippen molar-refractivity contribution in [3.63, 3.8) is 0 Å². The number of carbonyl (C=O) groups is 1. The summed E-state index contributed by atoms with van der Waals surface area (Å²) in [6.07, 6.45) is 5.81. The van der Waals surface area contributed by atoms with Crippen LogP contribution in [0.5, 0.6) is 0 Å². The van der Waals surface area contributed by atoms with Gasteiger partial charge in [0.25, 0.3) is 0 Å². The molecule has 0 saturated heterocycles. The SMILES string of the molecule is C=C(C)C(=O)NCCCC(CCCCC)On1c(COCC)nc2c(N)nc3ccccc3c21. The molecule has 1 unspecified atom stereocenters. The normalized spacial score (nSPS) is 12.2. The van der Waals surface area contributed by atoms with Crippen LogP contribution >= 0.6 is 0 Å². The molecule has 0 aliphatic rings. The van der Waals surface area contributed by atoms with Crippen molar-refractivity contribution in [2.75, 3.05) is 18.9 Å². The van der Waals surface area contributed by atoms with Crippen molar-refractivity contribution in [1.82, 2.24) is 20.0 Å². The van der Waals surface area contributed by atoms with Crippen LogP contribution < -0.4 is 15.9 Å². The highest BCUT2D eigenvalue weighted by atomic mass is 16.7. The van der Waals surface area contributed by atoms with Crippen molar-refractivity contribution in [3.8, 4) is 0 Å². The summed E-state index contributed by atoms with van der Waals surface area (Å²) < 4.78 is 7.49. The van der Waals surface area contributed by atoms with Crippen LogP contribution in [-0.2, 0) is 16.1 Å². The summed E-state index contributed by atoms with van der Waals surface area (Å²) >= 11 is 0. The molecule has 0 aliphatic carbocycles. The molecule has 0 radical (unpaired) electrons. The van der Waals surface area contributed by atoms with E-state index in [9.17, 15) is 4.79 Å². The lowest BCUT2D eigenvalue weighted by Gasteiger charge is -2.21. The van der Waals surface area contributed by atoms with E-state index >= 15 is 0 Å². The van der Waals surface area contributed by atoms with Crippen LogP contribution in [0.3, 0.4) is 0 Å². The first-order chi connectivity index (χ1) is 16.5. The molecule has 3 N–H and O–H groups in total. The number of rotatable bonds is 14. The highest BCUT2D eigenvalue weighted by molar-refractivity contribution is 6.06. The Hall–Kier alpha value is -3.13. The van der Waals surface area contributed by atoms with E-state index in [4.69, 9.17) is 20.3 Å². The number of benzene rings is 1. The lowest BCUT2D eigenvalue weighted by Crippen LogP contribution is -2.29. The molecule has 34 heavy (non-hydrogen) atoms. The molecule has 8 nitrogen and oxygen atoms in total. The van der Waals surface area contributed by atoms with Gasteiger partial charge in [0.15, 0.2) is 11.6 Å². The lowest BCUT2D eigenvalue weighted by molar-refractivity contribution is -0.117. The Labute approximate surface area is 201 Å². The topological polar surface area (TPSA) is 104 Å². The van der Waals surface area contributed by atoms with Crippen LogP contribution in [0.1, 0.15) is 65.1 Å². The minimum atomic E-state index is -0.113. The molecular formula is C26H37N5O3. The smallest absolute Gasteiger partial charge is 0.246 e. The maximum absolute atomic E-state index is 11.8. The highest BCUT2D eigenvalue weighted by Crippen LogP contribution is 2.29. The van der Waals surface area contributed by atoms with Crippen molar-refractivity contribution in [2.45, 2.75) is 72.0 Å². The predicted octanol–water partition coefficient (Wildman–Crippen LogP) is 4.55. The number of ether oxygens (including phenoxy) is 1. The monoisotopic (exact) mass is 467 g/mol. The first-order valence-corrected chi connectivity index (χ1v) is 12.2. The average Bonchev–Trinajstić information content (AvgIpc) is 3.19. The number of hydrogen-bond donors (Lipinski definition) is 2. The Balaban J connectivity index is 1.91. The Morgan fingerprint density at radius 2 is 1.94 bits per heavy atom. The Bertz CT molecular complexity index is 1120. The minimum Gasteiger partial charge on any atom is -0.409 e. The number of nitrogens with zero attached hydrogens (tertiary/aromatic N) is 3. The van der Waals surface area contributed by atoms with E-state index in [1.807, 2.05) is 31.2 Å². The van der Waals surface area contributed by atoms with Gasteiger partial charge in [-0.3, -0.25) is 4.79 Å². The molecule has 0 saturated carbocycles. The fraction of sp³-hybridized carbons (Fsp3) is 0.500. The summed E-state index contributed by atoms with van der Waals surface area (Å²) in [7, 11) is 0. The lowest BCUT2D eigenvalue weighted by atomic mass is 10.1. The van der Waals surface area contributed by atoms with Crippen LogP contribution in [0.25, 0.3) is 21.9 Å². The number of amides is 1. The summed E-state index contributed by atoms with van der Waals surface area (Å²) in [5, 5.41) is 3.84. The van der Waals surface area contributed by atoms with Crippen LogP contribution in [0, 0.1) is 0 Å². The van der Waals surface area contributed by atoms with E-state index in [-0.39, 0.29) is 12.0 Å². The molecule has 0 spiro atoms. The molecular weight excluding hydrogens is 430 g/mol. The number of carbonyl (C=O) groups excluding carboxylic acids is 1. The van der Waals surface area contributed by atoms with Crippen molar-refractivity contribution in [1.29, 1.82) is 0 Å². The minimum absolute atomic E-state index is 0.0424. The van der Waals surface area contributed by atoms with E-state index in [0.29, 0.717) is 42.5 Å². The number of aromatic nitrogens is 3. The Kier molecular flexibility index (Phi) is 9.27. The molecule has 184 valence electrons. The van der Waals surface area contributed by atoms with Crippen molar-refractivity contribution in [3.05, 3.63) is 42.2 Å². The van der Waals surface area contributed by atoms with Gasteiger partial charge in [-0.1, -0.05) is 44.5 Å². The van der Waals surface area contributed by atoms with E-state index < -0.39 is 0 Å². The van der Waals surface area contributed by atoms with E-state index in [2.05, 4.69) is 23.8 Å². The highest BCUT2D eigenvalue weighted by Gasteiger charge is 2.21. The van der Waals surface area contributed by atoms with Gasteiger partial charge in [-0.15, -0.1) is 0 Å². The fourth-order valence-corrected chi connectivity index (χ4v) is 3.92. The van der Waals surface area contributed by atoms with Crippen molar-refractivity contribution < 1.29 is 14.4 Å². The van der Waals surface area contributed by atoms with Gasteiger partial charge in [-0.25, -0.2) is 9.97 Å². The van der Waals surface area contributed by atoms with Gasteiger partial charge in [0.2, 0.25) is 5.91 Å². The Morgan fingerprint density at radius 3 is 2.68 bits per heavy atom. The van der Waals surface area contributed by atoms with Gasteiger partial charge in [-0.2, -0.15) is 4.73 Å². The molecule has 8 heteroatoms. The third-order valence-electron chi connectivity index (χ3n) is 5.74. The zero-order chi connectivity index (χ0) is 24.5. The largest absolute Gasteiger partial charge is 0.409 e. The van der Waals surface area contributed by atoms with Crippen LogP contribution in [0.4, 0.5) is 5.82 Å². The average molecular weight is 468 g/mol. The number of anilines is 1. The first-order valence-electron chi connectivity index (χ1n) is 12.2. The van der Waals surface area contributed by atoms with Crippen molar-refractivity contribution >= 4 is 33.7 Å². The number of hydrogen-bond acceptors (Lipinski definition) is 6. The number of nitrogens with one attached hydrogen (secondary N) is 1. The number of nitrogen functional groups attached to an aromatic ring is 1. The van der Waals surface area contributed by atoms with Gasteiger partial charge in [0.1, 0.15) is 23.7 Å². The second-order valence-electron chi connectivity index (χ2n) is 8.57. The second-order valence-corrected chi connectivity index (χ2v) is 8.57. The molecule has 1 amide bonds. The summed E-state index contributed by atoms with van der Waals surface area (Å²) in [5.74, 6) is 0.925. The van der Waals surface area contributed by atoms with Gasteiger partial charge < -0.3 is 20.6 Å². The summed E-state index contributed by atoms with van der Waals surface area (Å²) in [4.78, 5) is 27.7. The van der Waals surface area contributed by atoms with Gasteiger partial charge in [-0.05, 0) is 45.6 Å². The third-order valence-corrected chi connectivity index (χ3v) is 5.74. The number of pyridine rings is 1. The number of nitrogens with two attached hydrogens (primary N) is 1. The summed E-state index contributed by atoms with van der Waals surface area (Å²) in [6, 6.07) is 7.86. The summed E-state index contributed by atoms with van der Waals surface area (Å²) in [5.41, 5.74) is 9.03. The molecule has 0 bridgehead atoms. The summed E-state index contributed by atoms with van der Waals surface area (Å²) in [6.45, 7) is 11.0. The molecule has 1 atom stereocenters. The van der Waals surface area contributed by atoms with Gasteiger partial charge >= 0.3 is 0 Å². The predicted molar refractivity (Wildman–Crippen MR) is 136 cm³/mol. The maximum atomic E-state index is 11.8. The number of fused-ring (bicyclic) bond motifs is 3. The maximum Gasteiger partial charge on any atom is 0.246 e. The molecule has 2 aromatic heterocycles. The number of unbranched alkanes of at least 4 members (excludes halogenated alkanes) is 2. The zero-order valence-electron chi connectivity index (χ0n) is 20.6. The second kappa shape index (κ2) is 12.4. The molecule has 0 aliphatic heterocycles. The first kappa shape index (κ1) is 25.5. The molecule has 3 rings (SSSR count). The van der Waals surface area contributed by atoms with E-state index in [1.54, 1.807) is 11.7 Å². The zero-order valence-corrected chi connectivity index (χ0v) is 20.6. The van der Waals surface area contributed by atoms with Crippen LogP contribution in [0.2, 0.25) is 0 Å². The molecule has 1 aromatic carbocycles. The third kappa shape index (κ3) is 6.26. The van der Waals surface area contributed by atoms with Crippen LogP contribution in [0.15, 0.2) is 36.4 Å². The number of imidazole rings is 1. The van der Waals surface area contributed by atoms with E-state index in [1.165, 1.54) is 0 Å². The Morgan fingerprint density at radius 1 is 1.18 bits per heavy atom. The quantitative estimate of drug-likeness (QED) is 0.266.